The first kappa shape index (κ1) is 13.2. The molecule has 1 N–H and O–H groups in total. The highest BCUT2D eigenvalue weighted by Gasteiger charge is 2.05. The second-order valence-electron chi connectivity index (χ2n) is 4.01. The van der Waals surface area contributed by atoms with Crippen molar-refractivity contribution in [1.29, 1.82) is 0 Å². The van der Waals surface area contributed by atoms with E-state index in [4.69, 9.17) is 9.47 Å². The molecule has 19 heavy (non-hydrogen) atoms. The lowest BCUT2D eigenvalue weighted by Crippen LogP contribution is -2.01. The molecule has 0 aliphatic rings. The predicted molar refractivity (Wildman–Crippen MR) is 75.7 cm³/mol. The van der Waals surface area contributed by atoms with Crippen LogP contribution in [0, 0.1) is 0 Å². The monoisotopic (exact) mass is 258 g/mol. The minimum absolute atomic E-state index is 0.615. The zero-order valence-electron chi connectivity index (χ0n) is 11.2. The van der Waals surface area contributed by atoms with Crippen molar-refractivity contribution >= 4 is 5.69 Å². The fourth-order valence-corrected chi connectivity index (χ4v) is 1.76. The highest BCUT2D eigenvalue weighted by Crippen LogP contribution is 2.30. The van der Waals surface area contributed by atoms with Crippen molar-refractivity contribution < 1.29 is 9.47 Å². The van der Waals surface area contributed by atoms with Crippen LogP contribution in [0.5, 0.6) is 11.5 Å². The van der Waals surface area contributed by atoms with Gasteiger partial charge in [0.1, 0.15) is 0 Å². The number of hydrogen-bond donors (Lipinski definition) is 1. The summed E-state index contributed by atoms with van der Waals surface area (Å²) in [5, 5.41) is 3.35. The molecule has 0 radical (unpaired) electrons. The van der Waals surface area contributed by atoms with E-state index in [0.717, 1.165) is 23.7 Å². The maximum atomic E-state index is 5.55. The molecule has 0 atom stereocenters. The summed E-state index contributed by atoms with van der Waals surface area (Å²) >= 11 is 0. The van der Waals surface area contributed by atoms with Crippen molar-refractivity contribution in [2.24, 2.45) is 0 Å². The van der Waals surface area contributed by atoms with Crippen LogP contribution in [-0.2, 0) is 6.54 Å². The quantitative estimate of drug-likeness (QED) is 0.864. The van der Waals surface area contributed by atoms with E-state index < -0.39 is 0 Å². The van der Waals surface area contributed by atoms with Gasteiger partial charge in [0.05, 0.1) is 13.7 Å². The molecule has 4 nitrogen and oxygen atoms in total. The average molecular weight is 258 g/mol. The Bertz CT molecular complexity index is 515. The number of benzene rings is 1. The van der Waals surface area contributed by atoms with E-state index in [1.165, 1.54) is 5.56 Å². The standard InChI is InChI=1S/C15H18N2O2/c1-3-19-15-10-13(4-5-14(15)18-2)17-11-12-6-8-16-9-7-12/h4-10,17H,3,11H2,1-2H3. The lowest BCUT2D eigenvalue weighted by atomic mass is 10.2. The van der Waals surface area contributed by atoms with Crippen LogP contribution in [0.2, 0.25) is 0 Å². The second-order valence-corrected chi connectivity index (χ2v) is 4.01. The van der Waals surface area contributed by atoms with Crippen LogP contribution in [0.4, 0.5) is 5.69 Å². The molecule has 0 saturated heterocycles. The minimum atomic E-state index is 0.615. The molecule has 2 rings (SSSR count). The Morgan fingerprint density at radius 3 is 2.58 bits per heavy atom. The van der Waals surface area contributed by atoms with Crippen LogP contribution in [0.1, 0.15) is 12.5 Å². The molecule has 1 aromatic carbocycles. The van der Waals surface area contributed by atoms with Gasteiger partial charge in [-0.1, -0.05) is 0 Å². The molecule has 1 aromatic heterocycles. The number of aromatic nitrogens is 1. The van der Waals surface area contributed by atoms with Crippen LogP contribution in [0.3, 0.4) is 0 Å². The Labute approximate surface area is 113 Å². The maximum absolute atomic E-state index is 5.55. The summed E-state index contributed by atoms with van der Waals surface area (Å²) in [6, 6.07) is 9.80. The van der Waals surface area contributed by atoms with Gasteiger partial charge in [-0.2, -0.15) is 0 Å². The van der Waals surface area contributed by atoms with Crippen LogP contribution in [-0.4, -0.2) is 18.7 Å². The summed E-state index contributed by atoms with van der Waals surface area (Å²) in [6.07, 6.45) is 3.58. The predicted octanol–water partition coefficient (Wildman–Crippen LogP) is 3.10. The molecule has 0 aliphatic heterocycles. The van der Waals surface area contributed by atoms with Crippen molar-refractivity contribution in [3.8, 4) is 11.5 Å². The van der Waals surface area contributed by atoms with E-state index in [0.29, 0.717) is 6.61 Å². The summed E-state index contributed by atoms with van der Waals surface area (Å²) < 4.78 is 10.8. The summed E-state index contributed by atoms with van der Waals surface area (Å²) in [4.78, 5) is 4.00. The molecule has 4 heteroatoms. The number of hydrogen-bond acceptors (Lipinski definition) is 4. The van der Waals surface area contributed by atoms with Gasteiger partial charge >= 0.3 is 0 Å². The SMILES string of the molecule is CCOc1cc(NCc2ccncc2)ccc1OC. The molecule has 1 heterocycles. The third-order valence-corrected chi connectivity index (χ3v) is 2.71. The first-order valence-corrected chi connectivity index (χ1v) is 6.27. The van der Waals surface area contributed by atoms with Crippen LogP contribution in [0.25, 0.3) is 0 Å². The summed E-state index contributed by atoms with van der Waals surface area (Å²) in [5.74, 6) is 1.50. The Kier molecular flexibility index (Phi) is 4.61. The number of rotatable bonds is 6. The van der Waals surface area contributed by atoms with Gasteiger partial charge in [-0.25, -0.2) is 0 Å². The smallest absolute Gasteiger partial charge is 0.163 e. The number of ether oxygens (including phenoxy) is 2. The number of nitrogens with one attached hydrogen (secondary N) is 1. The van der Waals surface area contributed by atoms with Crippen molar-refractivity contribution in [2.75, 3.05) is 19.0 Å². The van der Waals surface area contributed by atoms with E-state index in [1.807, 2.05) is 37.3 Å². The molecule has 0 unspecified atom stereocenters. The number of methoxy groups -OCH3 is 1. The van der Waals surface area contributed by atoms with E-state index in [1.54, 1.807) is 19.5 Å². The Morgan fingerprint density at radius 1 is 1.11 bits per heavy atom. The van der Waals surface area contributed by atoms with E-state index >= 15 is 0 Å². The first-order chi connectivity index (χ1) is 9.33. The molecule has 0 fully saturated rings. The van der Waals surface area contributed by atoms with Crippen LogP contribution in [0.15, 0.2) is 42.7 Å². The second kappa shape index (κ2) is 6.64. The van der Waals surface area contributed by atoms with Gasteiger partial charge in [0.15, 0.2) is 11.5 Å². The van der Waals surface area contributed by atoms with E-state index in [9.17, 15) is 0 Å². The molecule has 100 valence electrons. The van der Waals surface area contributed by atoms with Gasteiger partial charge in [0, 0.05) is 30.7 Å². The van der Waals surface area contributed by atoms with Crippen LogP contribution < -0.4 is 14.8 Å². The zero-order chi connectivity index (χ0) is 13.5. The van der Waals surface area contributed by atoms with Gasteiger partial charge in [-0.15, -0.1) is 0 Å². The number of anilines is 1. The molecule has 0 saturated carbocycles. The molecule has 0 spiro atoms. The lowest BCUT2D eigenvalue weighted by Gasteiger charge is -2.12. The van der Waals surface area contributed by atoms with E-state index in [-0.39, 0.29) is 0 Å². The Hall–Kier alpha value is -2.23. The maximum Gasteiger partial charge on any atom is 0.163 e. The zero-order valence-corrected chi connectivity index (χ0v) is 11.2. The van der Waals surface area contributed by atoms with Gasteiger partial charge in [-0.05, 0) is 36.8 Å². The lowest BCUT2D eigenvalue weighted by molar-refractivity contribution is 0.311. The van der Waals surface area contributed by atoms with Gasteiger partial charge in [-0.3, -0.25) is 4.98 Å². The Morgan fingerprint density at radius 2 is 1.89 bits per heavy atom. The average Bonchev–Trinajstić information content (AvgIpc) is 2.47. The minimum Gasteiger partial charge on any atom is -0.493 e. The van der Waals surface area contributed by atoms with Crippen molar-refractivity contribution in [3.63, 3.8) is 0 Å². The normalized spacial score (nSPS) is 10.0. The highest BCUT2D eigenvalue weighted by atomic mass is 16.5. The molecule has 2 aromatic rings. The Balaban J connectivity index is 2.06. The third kappa shape index (κ3) is 3.61. The molecule has 0 aliphatic carbocycles. The summed E-state index contributed by atoms with van der Waals surface area (Å²) in [6.45, 7) is 3.32. The molecular weight excluding hydrogens is 240 g/mol. The third-order valence-electron chi connectivity index (χ3n) is 2.71. The summed E-state index contributed by atoms with van der Waals surface area (Å²) in [5.41, 5.74) is 2.19. The van der Waals surface area contributed by atoms with Crippen LogP contribution >= 0.6 is 0 Å². The van der Waals surface area contributed by atoms with Gasteiger partial charge in [0.2, 0.25) is 0 Å². The molecule has 0 amide bonds. The van der Waals surface area contributed by atoms with Crippen molar-refractivity contribution in [2.45, 2.75) is 13.5 Å². The first-order valence-electron chi connectivity index (χ1n) is 6.27. The molecular formula is C15H18N2O2. The highest BCUT2D eigenvalue weighted by molar-refractivity contribution is 5.54. The van der Waals surface area contributed by atoms with E-state index in [2.05, 4.69) is 10.3 Å². The molecule has 0 bridgehead atoms. The van der Waals surface area contributed by atoms with Gasteiger partial charge in [0.25, 0.3) is 0 Å². The fraction of sp³-hybridized carbons (Fsp3) is 0.267. The number of nitrogens with zero attached hydrogens (tertiary/aromatic N) is 1. The van der Waals surface area contributed by atoms with Crippen molar-refractivity contribution in [1.82, 2.24) is 4.98 Å². The topological polar surface area (TPSA) is 43.4 Å². The van der Waals surface area contributed by atoms with Crippen molar-refractivity contribution in [3.05, 3.63) is 48.3 Å². The number of pyridine rings is 1. The summed E-state index contributed by atoms with van der Waals surface area (Å²) in [7, 11) is 1.64. The fourth-order valence-electron chi connectivity index (χ4n) is 1.76. The van der Waals surface area contributed by atoms with Gasteiger partial charge < -0.3 is 14.8 Å². The largest absolute Gasteiger partial charge is 0.493 e.